The Kier molecular flexibility index (Phi) is 4.26. The Bertz CT molecular complexity index is 549. The minimum Gasteiger partial charge on any atom is -0.298 e. The van der Waals surface area contributed by atoms with Crippen molar-refractivity contribution in [3.05, 3.63) is 84.4 Å². The van der Waals surface area contributed by atoms with Crippen LogP contribution in [0.15, 0.2) is 78.9 Å². The van der Waals surface area contributed by atoms with Gasteiger partial charge in [-0.1, -0.05) is 78.9 Å². The van der Waals surface area contributed by atoms with Crippen molar-refractivity contribution in [1.29, 1.82) is 0 Å². The molecule has 0 saturated carbocycles. The highest BCUT2D eigenvalue weighted by Crippen LogP contribution is 2.11. The van der Waals surface area contributed by atoms with Crippen molar-refractivity contribution in [1.82, 2.24) is 0 Å². The molecule has 3 aromatic rings. The smallest absolute Gasteiger partial charge is 0.150 e. The summed E-state index contributed by atoms with van der Waals surface area (Å²) in [6.45, 7) is 0. The number of carbonyl (C=O) groups is 1. The molecule has 0 spiro atoms. The molecule has 3 rings (SSSR count). The zero-order chi connectivity index (χ0) is 12.6. The third kappa shape index (κ3) is 3.29. The SMILES string of the molecule is O=Cc1ccccc1.c1ccc2ccccc2c1. The maximum atomic E-state index is 10.0. The zero-order valence-corrected chi connectivity index (χ0v) is 9.99. The van der Waals surface area contributed by atoms with Crippen molar-refractivity contribution in [2.75, 3.05) is 0 Å². The van der Waals surface area contributed by atoms with Crippen molar-refractivity contribution in [3.8, 4) is 0 Å². The molecule has 0 heterocycles. The third-order valence-corrected chi connectivity index (χ3v) is 2.59. The van der Waals surface area contributed by atoms with Crippen LogP contribution in [0.3, 0.4) is 0 Å². The van der Waals surface area contributed by atoms with E-state index in [1.165, 1.54) is 10.8 Å². The molecule has 0 bridgehead atoms. The summed E-state index contributed by atoms with van der Waals surface area (Å²) in [7, 11) is 0. The standard InChI is InChI=1S/C10H8.C7H6O/c1-2-6-10-8-4-3-7-9(10)5-1;8-6-7-4-2-1-3-5-7/h1-8H;1-6H. The lowest BCUT2D eigenvalue weighted by Crippen LogP contribution is -1.73. The van der Waals surface area contributed by atoms with Crippen LogP contribution in [0.1, 0.15) is 10.4 Å². The van der Waals surface area contributed by atoms with Crippen molar-refractivity contribution in [2.45, 2.75) is 0 Å². The molecular formula is C17H14O. The van der Waals surface area contributed by atoms with Crippen molar-refractivity contribution < 1.29 is 4.79 Å². The van der Waals surface area contributed by atoms with E-state index in [4.69, 9.17) is 0 Å². The number of hydrogen-bond acceptors (Lipinski definition) is 1. The molecule has 0 saturated heterocycles. The monoisotopic (exact) mass is 234 g/mol. The maximum Gasteiger partial charge on any atom is 0.150 e. The Balaban J connectivity index is 0.000000138. The van der Waals surface area contributed by atoms with E-state index in [9.17, 15) is 4.79 Å². The minimum absolute atomic E-state index is 0.729. The van der Waals surface area contributed by atoms with Gasteiger partial charge in [0, 0.05) is 5.56 Å². The fraction of sp³-hybridized carbons (Fsp3) is 0. The highest BCUT2D eigenvalue weighted by molar-refractivity contribution is 5.82. The first kappa shape index (κ1) is 12.1. The topological polar surface area (TPSA) is 17.1 Å². The maximum absolute atomic E-state index is 10.0. The zero-order valence-electron chi connectivity index (χ0n) is 9.99. The van der Waals surface area contributed by atoms with Gasteiger partial charge >= 0.3 is 0 Å². The first-order valence-corrected chi connectivity index (χ1v) is 5.84. The van der Waals surface area contributed by atoms with E-state index in [2.05, 4.69) is 48.5 Å². The molecule has 0 unspecified atom stereocenters. The van der Waals surface area contributed by atoms with Gasteiger partial charge in [0.15, 0.2) is 0 Å². The van der Waals surface area contributed by atoms with Gasteiger partial charge in [0.05, 0.1) is 0 Å². The summed E-state index contributed by atoms with van der Waals surface area (Å²) in [5, 5.41) is 2.62. The second-order valence-electron chi connectivity index (χ2n) is 3.88. The summed E-state index contributed by atoms with van der Waals surface area (Å²) >= 11 is 0. The highest BCUT2D eigenvalue weighted by Gasteiger charge is 1.85. The van der Waals surface area contributed by atoms with Crippen LogP contribution in [0.5, 0.6) is 0 Å². The molecule has 0 aliphatic heterocycles. The van der Waals surface area contributed by atoms with Gasteiger partial charge in [0.2, 0.25) is 0 Å². The van der Waals surface area contributed by atoms with Crippen molar-refractivity contribution >= 4 is 17.1 Å². The average molecular weight is 234 g/mol. The van der Waals surface area contributed by atoms with Crippen LogP contribution in [0.25, 0.3) is 10.8 Å². The molecule has 0 amide bonds. The third-order valence-electron chi connectivity index (χ3n) is 2.59. The van der Waals surface area contributed by atoms with Crippen LogP contribution < -0.4 is 0 Å². The predicted molar refractivity (Wildman–Crippen MR) is 75.8 cm³/mol. The summed E-state index contributed by atoms with van der Waals surface area (Å²) in [5.41, 5.74) is 0.729. The highest BCUT2D eigenvalue weighted by atomic mass is 16.1. The largest absolute Gasteiger partial charge is 0.298 e. The van der Waals surface area contributed by atoms with Crippen LogP contribution in [-0.4, -0.2) is 6.29 Å². The van der Waals surface area contributed by atoms with Gasteiger partial charge in [-0.15, -0.1) is 0 Å². The Morgan fingerprint density at radius 1 is 0.556 bits per heavy atom. The lowest BCUT2D eigenvalue weighted by atomic mass is 10.1. The molecule has 18 heavy (non-hydrogen) atoms. The summed E-state index contributed by atoms with van der Waals surface area (Å²) in [4.78, 5) is 10.0. The second kappa shape index (κ2) is 6.36. The summed E-state index contributed by atoms with van der Waals surface area (Å²) in [6.07, 6.45) is 0.833. The van der Waals surface area contributed by atoms with Gasteiger partial charge in [0.1, 0.15) is 6.29 Å². The average Bonchev–Trinajstić information content (AvgIpc) is 2.49. The van der Waals surface area contributed by atoms with Crippen LogP contribution in [0.4, 0.5) is 0 Å². The van der Waals surface area contributed by atoms with E-state index in [1.54, 1.807) is 12.1 Å². The Hall–Kier alpha value is -2.41. The van der Waals surface area contributed by atoms with E-state index in [1.807, 2.05) is 18.2 Å². The molecule has 88 valence electrons. The van der Waals surface area contributed by atoms with Gasteiger partial charge in [-0.3, -0.25) is 4.79 Å². The van der Waals surface area contributed by atoms with E-state index in [0.29, 0.717) is 0 Å². The Morgan fingerprint density at radius 3 is 1.28 bits per heavy atom. The van der Waals surface area contributed by atoms with Crippen molar-refractivity contribution in [2.24, 2.45) is 0 Å². The van der Waals surface area contributed by atoms with E-state index in [0.717, 1.165) is 11.8 Å². The van der Waals surface area contributed by atoms with Crippen LogP contribution in [0.2, 0.25) is 0 Å². The van der Waals surface area contributed by atoms with E-state index < -0.39 is 0 Å². The molecule has 1 heteroatoms. The Morgan fingerprint density at radius 2 is 0.944 bits per heavy atom. The molecule has 0 radical (unpaired) electrons. The predicted octanol–water partition coefficient (Wildman–Crippen LogP) is 4.34. The fourth-order valence-corrected chi connectivity index (χ4v) is 1.66. The second-order valence-corrected chi connectivity index (χ2v) is 3.88. The number of aldehydes is 1. The summed E-state index contributed by atoms with van der Waals surface area (Å²) in [5.74, 6) is 0. The molecule has 0 aliphatic carbocycles. The summed E-state index contributed by atoms with van der Waals surface area (Å²) in [6, 6.07) is 25.8. The quantitative estimate of drug-likeness (QED) is 0.572. The number of rotatable bonds is 1. The normalized spacial score (nSPS) is 9.33. The van der Waals surface area contributed by atoms with Crippen LogP contribution in [-0.2, 0) is 0 Å². The molecule has 1 nitrogen and oxygen atoms in total. The number of carbonyl (C=O) groups excluding carboxylic acids is 1. The lowest BCUT2D eigenvalue weighted by molar-refractivity contribution is 0.112. The Labute approximate surface area is 107 Å². The molecule has 0 atom stereocenters. The molecule has 0 fully saturated rings. The molecule has 3 aromatic carbocycles. The van der Waals surface area contributed by atoms with E-state index in [-0.39, 0.29) is 0 Å². The van der Waals surface area contributed by atoms with Crippen molar-refractivity contribution in [3.63, 3.8) is 0 Å². The number of benzene rings is 3. The first-order chi connectivity index (χ1) is 8.90. The molecule has 0 aromatic heterocycles. The number of hydrogen-bond donors (Lipinski definition) is 0. The van der Waals surface area contributed by atoms with Crippen LogP contribution >= 0.6 is 0 Å². The minimum atomic E-state index is 0.729. The van der Waals surface area contributed by atoms with Gasteiger partial charge in [-0.2, -0.15) is 0 Å². The number of fused-ring (bicyclic) bond motifs is 1. The molecule has 0 aliphatic rings. The molecule has 0 N–H and O–H groups in total. The summed E-state index contributed by atoms with van der Waals surface area (Å²) < 4.78 is 0. The first-order valence-electron chi connectivity index (χ1n) is 5.84. The van der Waals surface area contributed by atoms with Gasteiger partial charge in [-0.25, -0.2) is 0 Å². The fourth-order valence-electron chi connectivity index (χ4n) is 1.66. The van der Waals surface area contributed by atoms with Crippen LogP contribution in [0, 0.1) is 0 Å². The molecular weight excluding hydrogens is 220 g/mol. The van der Waals surface area contributed by atoms with Gasteiger partial charge in [-0.05, 0) is 10.8 Å². The van der Waals surface area contributed by atoms with E-state index >= 15 is 0 Å². The lowest BCUT2D eigenvalue weighted by Gasteiger charge is -1.92. The van der Waals surface area contributed by atoms with Gasteiger partial charge < -0.3 is 0 Å². The van der Waals surface area contributed by atoms with Gasteiger partial charge in [0.25, 0.3) is 0 Å².